The zero-order valence-electron chi connectivity index (χ0n) is 18.7. The predicted molar refractivity (Wildman–Crippen MR) is 136 cm³/mol. The molecule has 4 heteroatoms. The van der Waals surface area contributed by atoms with Gasteiger partial charge in [0.15, 0.2) is 0 Å². The molecule has 35 heavy (non-hydrogen) atoms. The highest BCUT2D eigenvalue weighted by Crippen LogP contribution is 2.50. The van der Waals surface area contributed by atoms with Crippen LogP contribution in [0.15, 0.2) is 90.5 Å². The smallest absolute Gasteiger partial charge is 0.0998 e. The van der Waals surface area contributed by atoms with Crippen molar-refractivity contribution in [2.24, 2.45) is 0 Å². The zero-order valence-corrected chi connectivity index (χ0v) is 18.7. The average Bonchev–Trinajstić information content (AvgIpc) is 3.72. The van der Waals surface area contributed by atoms with Gasteiger partial charge in [-0.3, -0.25) is 0 Å². The molecule has 0 radical (unpaired) electrons. The van der Waals surface area contributed by atoms with E-state index in [-0.39, 0.29) is 6.04 Å². The SMILES string of the molecule is N#CC(=C1c2cc(C#N)c(-c3ccccc3)cc2-c2cc(-c3ccccc3)c(C#N)cc21)C1CN1. The standard InChI is InChI=1S/C31H18N4/c32-15-21-11-27-25(13-23(21)19-7-3-1-4-8-19)26-14-24(20-9-5-2-6-10-20)22(16-33)12-28(26)31(27)29(17-34)30-18-35-30/h1-14,30,35H,18H2. The number of nitrogens with one attached hydrogen (secondary N) is 1. The van der Waals surface area contributed by atoms with E-state index < -0.39 is 0 Å². The van der Waals surface area contributed by atoms with Crippen molar-refractivity contribution in [3.63, 3.8) is 0 Å². The minimum Gasteiger partial charge on any atom is -0.306 e. The van der Waals surface area contributed by atoms with Gasteiger partial charge < -0.3 is 5.32 Å². The van der Waals surface area contributed by atoms with Crippen molar-refractivity contribution in [1.29, 1.82) is 15.8 Å². The number of fused-ring (bicyclic) bond motifs is 3. The number of rotatable bonds is 3. The van der Waals surface area contributed by atoms with Crippen LogP contribution < -0.4 is 5.32 Å². The molecule has 0 bridgehead atoms. The third-order valence-electron chi connectivity index (χ3n) is 6.70. The first-order chi connectivity index (χ1) is 17.2. The van der Waals surface area contributed by atoms with Crippen LogP contribution in [-0.4, -0.2) is 12.6 Å². The Morgan fingerprint density at radius 3 is 1.46 bits per heavy atom. The summed E-state index contributed by atoms with van der Waals surface area (Å²) in [4.78, 5) is 0. The monoisotopic (exact) mass is 446 g/mol. The summed E-state index contributed by atoms with van der Waals surface area (Å²) in [5.41, 5.74) is 9.92. The number of hydrogen-bond donors (Lipinski definition) is 1. The molecule has 1 fully saturated rings. The zero-order chi connectivity index (χ0) is 23.9. The second kappa shape index (κ2) is 8.12. The summed E-state index contributed by atoms with van der Waals surface area (Å²) in [6, 6.07) is 34.8. The molecule has 1 heterocycles. The van der Waals surface area contributed by atoms with E-state index in [2.05, 4.69) is 35.7 Å². The van der Waals surface area contributed by atoms with Gasteiger partial charge in [0.05, 0.1) is 40.9 Å². The quantitative estimate of drug-likeness (QED) is 0.270. The van der Waals surface area contributed by atoms with Crippen molar-refractivity contribution in [2.75, 3.05) is 6.54 Å². The van der Waals surface area contributed by atoms with E-state index in [1.807, 2.05) is 72.8 Å². The molecule has 0 amide bonds. The molecule has 1 N–H and O–H groups in total. The minimum atomic E-state index is -0.00697. The van der Waals surface area contributed by atoms with Crippen LogP contribution in [0.25, 0.3) is 39.0 Å². The first-order valence-corrected chi connectivity index (χ1v) is 11.4. The van der Waals surface area contributed by atoms with Gasteiger partial charge in [0.25, 0.3) is 0 Å². The fourth-order valence-corrected chi connectivity index (χ4v) is 4.96. The topological polar surface area (TPSA) is 93.3 Å². The Morgan fingerprint density at radius 2 is 1.09 bits per heavy atom. The number of benzene rings is 4. The van der Waals surface area contributed by atoms with Gasteiger partial charge in [0.1, 0.15) is 0 Å². The van der Waals surface area contributed by atoms with E-state index in [4.69, 9.17) is 0 Å². The molecule has 4 aromatic carbocycles. The summed E-state index contributed by atoms with van der Waals surface area (Å²) in [6.07, 6.45) is 0. The minimum absolute atomic E-state index is 0.00697. The second-order valence-corrected chi connectivity index (χ2v) is 8.70. The summed E-state index contributed by atoms with van der Waals surface area (Å²) >= 11 is 0. The number of nitrogens with zero attached hydrogens (tertiary/aromatic N) is 3. The Hall–Kier alpha value is -4.95. The molecule has 0 aromatic heterocycles. The van der Waals surface area contributed by atoms with E-state index in [1.165, 1.54) is 0 Å². The summed E-state index contributed by atoms with van der Waals surface area (Å²) in [7, 11) is 0. The highest BCUT2D eigenvalue weighted by molar-refractivity contribution is 6.06. The molecule has 1 aliphatic heterocycles. The maximum atomic E-state index is 10.1. The second-order valence-electron chi connectivity index (χ2n) is 8.70. The predicted octanol–water partition coefficient (Wildman–Crippen LogP) is 6.04. The van der Waals surface area contributed by atoms with E-state index in [0.29, 0.717) is 16.7 Å². The van der Waals surface area contributed by atoms with E-state index >= 15 is 0 Å². The van der Waals surface area contributed by atoms with Gasteiger partial charge in [-0.15, -0.1) is 0 Å². The molecule has 1 atom stereocenters. The van der Waals surface area contributed by atoms with Gasteiger partial charge in [-0.1, -0.05) is 60.7 Å². The molecule has 162 valence electrons. The normalized spacial score (nSPS) is 14.8. The van der Waals surface area contributed by atoms with Crippen LogP contribution in [0.4, 0.5) is 0 Å². The van der Waals surface area contributed by atoms with Crippen LogP contribution in [0.2, 0.25) is 0 Å². The molecule has 0 spiro atoms. The van der Waals surface area contributed by atoms with E-state index in [9.17, 15) is 15.8 Å². The highest BCUT2D eigenvalue weighted by Gasteiger charge is 2.35. The molecule has 4 nitrogen and oxygen atoms in total. The first-order valence-electron chi connectivity index (χ1n) is 11.4. The summed E-state index contributed by atoms with van der Waals surface area (Å²) < 4.78 is 0. The van der Waals surface area contributed by atoms with Crippen LogP contribution in [-0.2, 0) is 0 Å². The third kappa shape index (κ3) is 3.32. The van der Waals surface area contributed by atoms with Gasteiger partial charge in [-0.2, -0.15) is 15.8 Å². The van der Waals surface area contributed by atoms with Crippen LogP contribution >= 0.6 is 0 Å². The summed E-state index contributed by atoms with van der Waals surface area (Å²) in [5.74, 6) is 0. The van der Waals surface area contributed by atoms with Crippen molar-refractivity contribution in [3.8, 4) is 51.6 Å². The van der Waals surface area contributed by atoms with Crippen molar-refractivity contribution >= 4 is 5.57 Å². The lowest BCUT2D eigenvalue weighted by Gasteiger charge is -2.10. The maximum absolute atomic E-state index is 10.1. The van der Waals surface area contributed by atoms with Crippen molar-refractivity contribution in [1.82, 2.24) is 5.32 Å². The van der Waals surface area contributed by atoms with Crippen molar-refractivity contribution in [3.05, 3.63) is 113 Å². The lowest BCUT2D eigenvalue weighted by Crippen LogP contribution is -2.00. The Balaban J connectivity index is 1.70. The van der Waals surface area contributed by atoms with Crippen molar-refractivity contribution < 1.29 is 0 Å². The Bertz CT molecular complexity index is 1550. The lowest BCUT2D eigenvalue weighted by molar-refractivity contribution is 1.15. The molecule has 6 rings (SSSR count). The Labute approximate surface area is 203 Å². The van der Waals surface area contributed by atoms with Crippen molar-refractivity contribution in [2.45, 2.75) is 6.04 Å². The number of hydrogen-bond acceptors (Lipinski definition) is 4. The molecule has 4 aromatic rings. The lowest BCUT2D eigenvalue weighted by atomic mass is 9.91. The van der Waals surface area contributed by atoms with Gasteiger partial charge >= 0.3 is 0 Å². The highest BCUT2D eigenvalue weighted by atomic mass is 15.1. The fraction of sp³-hybridized carbons (Fsp3) is 0.0645. The number of nitriles is 3. The maximum Gasteiger partial charge on any atom is 0.0998 e. The van der Waals surface area contributed by atoms with Gasteiger partial charge in [-0.25, -0.2) is 0 Å². The summed E-state index contributed by atoms with van der Waals surface area (Å²) in [6.45, 7) is 0.747. The molecule has 0 saturated carbocycles. The Morgan fingerprint density at radius 1 is 0.629 bits per heavy atom. The first kappa shape index (κ1) is 20.6. The van der Waals surface area contributed by atoms with Crippen LogP contribution in [0.3, 0.4) is 0 Å². The van der Waals surface area contributed by atoms with E-state index in [1.54, 1.807) is 0 Å². The molecular formula is C31H18N4. The molecule has 1 saturated heterocycles. The third-order valence-corrected chi connectivity index (χ3v) is 6.70. The molecule has 1 aliphatic carbocycles. The molecular weight excluding hydrogens is 428 g/mol. The largest absolute Gasteiger partial charge is 0.306 e. The van der Waals surface area contributed by atoms with Gasteiger partial charge in [-0.05, 0) is 57.6 Å². The summed E-state index contributed by atoms with van der Waals surface area (Å²) in [5, 5.41) is 33.4. The van der Waals surface area contributed by atoms with Gasteiger partial charge in [0, 0.05) is 23.2 Å². The van der Waals surface area contributed by atoms with Crippen LogP contribution in [0.5, 0.6) is 0 Å². The fourth-order valence-electron chi connectivity index (χ4n) is 4.96. The molecule has 2 aliphatic rings. The van der Waals surface area contributed by atoms with Crippen LogP contribution in [0, 0.1) is 34.0 Å². The van der Waals surface area contributed by atoms with E-state index in [0.717, 1.165) is 56.6 Å². The van der Waals surface area contributed by atoms with Gasteiger partial charge in [0.2, 0.25) is 0 Å². The average molecular weight is 447 g/mol. The molecule has 1 unspecified atom stereocenters. The van der Waals surface area contributed by atoms with Crippen LogP contribution in [0.1, 0.15) is 22.3 Å². The Kier molecular flexibility index (Phi) is 4.79.